The van der Waals surface area contributed by atoms with Gasteiger partial charge in [-0.25, -0.2) is 13.2 Å². The van der Waals surface area contributed by atoms with Crippen molar-refractivity contribution < 1.29 is 28.5 Å². The van der Waals surface area contributed by atoms with Gasteiger partial charge in [-0.15, -0.1) is 0 Å². The van der Waals surface area contributed by atoms with E-state index in [1.807, 2.05) is 0 Å². The fraction of sp³-hybridized carbons (Fsp3) is 0.240. The molecule has 7 nitrogen and oxygen atoms in total. The molecule has 0 heterocycles. The van der Waals surface area contributed by atoms with Gasteiger partial charge in [0.2, 0.25) is 9.84 Å². The second kappa shape index (κ2) is 11.0. The molecule has 4 N–H and O–H groups in total. The second-order valence-electron chi connectivity index (χ2n) is 7.77. The normalized spacial score (nSPS) is 12.4. The van der Waals surface area contributed by atoms with Gasteiger partial charge in [-0.05, 0) is 66.9 Å². The Bertz CT molecular complexity index is 1280. The van der Waals surface area contributed by atoms with E-state index in [9.17, 15) is 28.5 Å². The highest BCUT2D eigenvalue weighted by Gasteiger charge is 2.25. The Morgan fingerprint density at radius 2 is 1.79 bits per heavy atom. The number of carbonyl (C=O) groups is 1. The quantitative estimate of drug-likeness (QED) is 0.308. The first kappa shape index (κ1) is 25.7. The first-order valence-corrected chi connectivity index (χ1v) is 12.6. The standard InChI is InChI=1S/C25H26ClNO6S/c1-2-20-23(11-10-21(24(20)29)25(30)31)34(32,33)19-8-6-16(7-9-19)12-13-27-15-22(28)17-4-3-5-18(26)14-17/h3-11,14,22,27-29H,2,12-13,15H2,1H3,(H,30,31)/t22-/m0/s1. The van der Waals surface area contributed by atoms with E-state index in [1.165, 1.54) is 18.2 Å². The topological polar surface area (TPSA) is 124 Å². The summed E-state index contributed by atoms with van der Waals surface area (Å²) in [5, 5.41) is 33.4. The third-order valence-corrected chi connectivity index (χ3v) is 7.60. The van der Waals surface area contributed by atoms with Gasteiger partial charge in [-0.1, -0.05) is 42.8 Å². The van der Waals surface area contributed by atoms with Crippen LogP contribution in [0.2, 0.25) is 5.02 Å². The largest absolute Gasteiger partial charge is 0.507 e. The summed E-state index contributed by atoms with van der Waals surface area (Å²) < 4.78 is 26.3. The molecule has 3 aromatic rings. The lowest BCUT2D eigenvalue weighted by atomic mass is 10.1. The highest BCUT2D eigenvalue weighted by Crippen LogP contribution is 2.33. The monoisotopic (exact) mass is 503 g/mol. The molecule has 0 aliphatic rings. The zero-order valence-electron chi connectivity index (χ0n) is 18.5. The van der Waals surface area contributed by atoms with E-state index in [2.05, 4.69) is 5.32 Å². The van der Waals surface area contributed by atoms with Crippen LogP contribution in [0.1, 0.15) is 40.1 Å². The Labute approximate surface area is 203 Å². The molecule has 9 heteroatoms. The molecule has 0 radical (unpaired) electrons. The van der Waals surface area contributed by atoms with Crippen molar-refractivity contribution in [2.45, 2.75) is 35.7 Å². The fourth-order valence-corrected chi connectivity index (χ4v) is 5.41. The number of phenols is 1. The van der Waals surface area contributed by atoms with Crippen LogP contribution in [-0.2, 0) is 22.7 Å². The summed E-state index contributed by atoms with van der Waals surface area (Å²) >= 11 is 5.95. The van der Waals surface area contributed by atoms with Crippen molar-refractivity contribution in [3.8, 4) is 5.75 Å². The van der Waals surface area contributed by atoms with E-state index in [1.54, 1.807) is 43.3 Å². The number of nitrogens with one attached hydrogen (secondary N) is 1. The van der Waals surface area contributed by atoms with Crippen LogP contribution in [0.3, 0.4) is 0 Å². The molecule has 0 aliphatic heterocycles. The molecule has 0 aromatic heterocycles. The molecule has 0 saturated carbocycles. The molecular weight excluding hydrogens is 478 g/mol. The molecule has 1 atom stereocenters. The van der Waals surface area contributed by atoms with Crippen LogP contribution in [0.15, 0.2) is 70.5 Å². The number of aromatic hydroxyl groups is 1. The zero-order chi connectivity index (χ0) is 24.9. The van der Waals surface area contributed by atoms with Crippen LogP contribution >= 0.6 is 11.6 Å². The van der Waals surface area contributed by atoms with Crippen LogP contribution in [0.4, 0.5) is 0 Å². The number of hydrogen-bond donors (Lipinski definition) is 4. The molecule has 34 heavy (non-hydrogen) atoms. The van der Waals surface area contributed by atoms with Crippen molar-refractivity contribution in [1.82, 2.24) is 5.32 Å². The van der Waals surface area contributed by atoms with Gasteiger partial charge in [0, 0.05) is 17.1 Å². The molecule has 0 spiro atoms. The Balaban J connectivity index is 1.66. The molecule has 3 rings (SSSR count). The number of sulfone groups is 1. The van der Waals surface area contributed by atoms with Crippen molar-refractivity contribution in [1.29, 1.82) is 0 Å². The number of aliphatic hydroxyl groups is 1. The van der Waals surface area contributed by atoms with E-state index in [-0.39, 0.29) is 27.3 Å². The summed E-state index contributed by atoms with van der Waals surface area (Å²) in [6, 6.07) is 15.8. The molecule has 0 unspecified atom stereocenters. The molecule has 3 aromatic carbocycles. The maximum atomic E-state index is 13.1. The van der Waals surface area contributed by atoms with Crippen LogP contribution in [-0.4, -0.2) is 42.8 Å². The third-order valence-electron chi connectivity index (χ3n) is 5.51. The smallest absolute Gasteiger partial charge is 0.339 e. The summed E-state index contributed by atoms with van der Waals surface area (Å²) in [6.07, 6.45) is 0.0892. The molecule has 0 amide bonds. The van der Waals surface area contributed by atoms with Gasteiger partial charge in [0.25, 0.3) is 0 Å². The van der Waals surface area contributed by atoms with E-state index >= 15 is 0 Å². The molecule has 0 saturated heterocycles. The first-order chi connectivity index (χ1) is 16.1. The van der Waals surface area contributed by atoms with Gasteiger partial charge in [0.15, 0.2) is 0 Å². The average Bonchev–Trinajstić information content (AvgIpc) is 2.81. The van der Waals surface area contributed by atoms with Crippen LogP contribution in [0.25, 0.3) is 0 Å². The number of aromatic carboxylic acids is 1. The zero-order valence-corrected chi connectivity index (χ0v) is 20.1. The van der Waals surface area contributed by atoms with E-state index in [0.717, 1.165) is 17.2 Å². The number of benzene rings is 3. The number of carboxylic acid groups (broad SMARTS) is 1. The third kappa shape index (κ3) is 5.77. The SMILES string of the molecule is CCc1c(S(=O)(=O)c2ccc(CCNC[C@H](O)c3cccc(Cl)c3)cc2)ccc(C(=O)O)c1O. The second-order valence-corrected chi connectivity index (χ2v) is 10.1. The number of aliphatic hydroxyl groups excluding tert-OH is 1. The summed E-state index contributed by atoms with van der Waals surface area (Å²) in [5.74, 6) is -1.85. The molecule has 0 aliphatic carbocycles. The molecule has 0 bridgehead atoms. The van der Waals surface area contributed by atoms with Crippen molar-refractivity contribution in [2.24, 2.45) is 0 Å². The summed E-state index contributed by atoms with van der Waals surface area (Å²) in [7, 11) is -3.95. The average molecular weight is 504 g/mol. The minimum atomic E-state index is -3.95. The van der Waals surface area contributed by atoms with Gasteiger partial charge in [0.05, 0.1) is 15.9 Å². The number of hydrogen-bond acceptors (Lipinski definition) is 6. The van der Waals surface area contributed by atoms with E-state index in [4.69, 9.17) is 11.6 Å². The van der Waals surface area contributed by atoms with Gasteiger partial charge >= 0.3 is 5.97 Å². The van der Waals surface area contributed by atoms with E-state index in [0.29, 0.717) is 24.5 Å². The summed E-state index contributed by atoms with van der Waals surface area (Å²) in [4.78, 5) is 11.2. The number of halogens is 1. The molecule has 0 fully saturated rings. The Morgan fingerprint density at radius 1 is 1.09 bits per heavy atom. The summed E-state index contributed by atoms with van der Waals surface area (Å²) in [5.41, 5.74) is 1.37. The van der Waals surface area contributed by atoms with Crippen molar-refractivity contribution >= 4 is 27.4 Å². The first-order valence-electron chi connectivity index (χ1n) is 10.7. The maximum absolute atomic E-state index is 13.1. The Morgan fingerprint density at radius 3 is 2.41 bits per heavy atom. The van der Waals surface area contributed by atoms with Crippen LogP contribution in [0.5, 0.6) is 5.75 Å². The predicted octanol–water partition coefficient (Wildman–Crippen LogP) is 4.00. The lowest BCUT2D eigenvalue weighted by molar-refractivity contribution is 0.0693. The highest BCUT2D eigenvalue weighted by molar-refractivity contribution is 7.91. The van der Waals surface area contributed by atoms with E-state index < -0.39 is 27.7 Å². The van der Waals surface area contributed by atoms with Crippen LogP contribution < -0.4 is 5.32 Å². The fourth-order valence-electron chi connectivity index (χ4n) is 3.65. The van der Waals surface area contributed by atoms with Gasteiger partial charge in [0.1, 0.15) is 11.3 Å². The van der Waals surface area contributed by atoms with Crippen LogP contribution in [0, 0.1) is 0 Å². The Kier molecular flexibility index (Phi) is 8.33. The minimum Gasteiger partial charge on any atom is -0.507 e. The number of rotatable bonds is 10. The van der Waals surface area contributed by atoms with Gasteiger partial charge in [-0.2, -0.15) is 0 Å². The lowest BCUT2D eigenvalue weighted by Gasteiger charge is -2.14. The molecular formula is C25H26ClNO6S. The summed E-state index contributed by atoms with van der Waals surface area (Å²) in [6.45, 7) is 2.58. The lowest BCUT2D eigenvalue weighted by Crippen LogP contribution is -2.23. The van der Waals surface area contributed by atoms with Crippen molar-refractivity contribution in [2.75, 3.05) is 13.1 Å². The van der Waals surface area contributed by atoms with Gasteiger partial charge < -0.3 is 20.6 Å². The predicted molar refractivity (Wildman–Crippen MR) is 129 cm³/mol. The Hall–Kier alpha value is -2.91. The van der Waals surface area contributed by atoms with Crippen molar-refractivity contribution in [3.05, 3.63) is 87.9 Å². The number of carboxylic acids is 1. The maximum Gasteiger partial charge on any atom is 0.339 e. The molecule has 180 valence electrons. The minimum absolute atomic E-state index is 0.0535. The van der Waals surface area contributed by atoms with Gasteiger partial charge in [-0.3, -0.25) is 0 Å². The highest BCUT2D eigenvalue weighted by atomic mass is 35.5. The van der Waals surface area contributed by atoms with Crippen molar-refractivity contribution in [3.63, 3.8) is 0 Å².